The summed E-state index contributed by atoms with van der Waals surface area (Å²) in [5.74, 6) is 1.80. The second-order valence-corrected chi connectivity index (χ2v) is 13.9. The molecular weight excluding hydrogens is 283 g/mol. The Morgan fingerprint density at radius 3 is 1.32 bits per heavy atom. The topological polar surface area (TPSA) is 0 Å². The SMILES string of the molecule is CCCCCCCCCCCC[PH](C)(CC(C)C)CC(C)C. The second kappa shape index (κ2) is 13.8. The zero-order chi connectivity index (χ0) is 16.8. The van der Waals surface area contributed by atoms with Gasteiger partial charge in [0.2, 0.25) is 0 Å². The van der Waals surface area contributed by atoms with Crippen molar-refractivity contribution in [3.63, 3.8) is 0 Å². The third kappa shape index (κ3) is 14.0. The van der Waals surface area contributed by atoms with E-state index in [1.165, 1.54) is 64.2 Å². The van der Waals surface area contributed by atoms with Gasteiger partial charge < -0.3 is 0 Å². The van der Waals surface area contributed by atoms with Crippen LogP contribution in [-0.4, -0.2) is 25.2 Å². The van der Waals surface area contributed by atoms with Gasteiger partial charge in [-0.2, -0.15) is 0 Å². The zero-order valence-electron chi connectivity index (χ0n) is 16.8. The molecule has 0 bridgehead atoms. The molecule has 0 N–H and O–H groups in total. The van der Waals surface area contributed by atoms with Crippen molar-refractivity contribution >= 4 is 7.26 Å². The van der Waals surface area contributed by atoms with E-state index in [4.69, 9.17) is 0 Å². The maximum atomic E-state index is 2.68. The van der Waals surface area contributed by atoms with Crippen LogP contribution in [0.25, 0.3) is 0 Å². The summed E-state index contributed by atoms with van der Waals surface area (Å²) in [6, 6.07) is 0. The minimum atomic E-state index is -0.966. The molecule has 0 radical (unpaired) electrons. The Morgan fingerprint density at radius 2 is 0.955 bits per heavy atom. The van der Waals surface area contributed by atoms with Crippen molar-refractivity contribution in [2.75, 3.05) is 25.2 Å². The molecule has 0 aliphatic carbocycles. The molecule has 0 aromatic heterocycles. The van der Waals surface area contributed by atoms with Gasteiger partial charge in [0.1, 0.15) is 0 Å². The number of rotatable bonds is 15. The fourth-order valence-corrected chi connectivity index (χ4v) is 9.92. The van der Waals surface area contributed by atoms with Gasteiger partial charge in [-0.3, -0.25) is 0 Å². The quantitative estimate of drug-likeness (QED) is 0.214. The summed E-state index contributed by atoms with van der Waals surface area (Å²) < 4.78 is 0. The van der Waals surface area contributed by atoms with E-state index in [1.807, 2.05) is 0 Å². The van der Waals surface area contributed by atoms with Gasteiger partial charge in [-0.25, -0.2) is 0 Å². The summed E-state index contributed by atoms with van der Waals surface area (Å²) in [7, 11) is -0.966. The van der Waals surface area contributed by atoms with Gasteiger partial charge in [0.25, 0.3) is 0 Å². The predicted octanol–water partition coefficient (Wildman–Crippen LogP) is 7.60. The van der Waals surface area contributed by atoms with E-state index in [2.05, 4.69) is 41.3 Å². The van der Waals surface area contributed by atoms with Gasteiger partial charge >= 0.3 is 143 Å². The first-order valence-corrected chi connectivity index (χ1v) is 13.5. The Kier molecular flexibility index (Phi) is 14.1. The van der Waals surface area contributed by atoms with E-state index in [0.717, 1.165) is 11.8 Å². The molecule has 1 heteroatoms. The molecular formula is C21H47P. The zero-order valence-corrected chi connectivity index (χ0v) is 17.8. The van der Waals surface area contributed by atoms with Gasteiger partial charge in [0.05, 0.1) is 0 Å². The third-order valence-electron chi connectivity index (χ3n) is 4.94. The Bertz CT molecular complexity index is 222. The van der Waals surface area contributed by atoms with E-state index in [9.17, 15) is 0 Å². The van der Waals surface area contributed by atoms with E-state index in [0.29, 0.717) is 0 Å². The van der Waals surface area contributed by atoms with Crippen LogP contribution < -0.4 is 0 Å². The van der Waals surface area contributed by atoms with Crippen LogP contribution in [-0.2, 0) is 0 Å². The molecule has 136 valence electrons. The molecule has 0 aromatic rings. The van der Waals surface area contributed by atoms with E-state index >= 15 is 0 Å². The van der Waals surface area contributed by atoms with Crippen LogP contribution in [0.2, 0.25) is 0 Å². The van der Waals surface area contributed by atoms with Crippen LogP contribution in [0.1, 0.15) is 98.8 Å². The molecule has 0 aromatic carbocycles. The summed E-state index contributed by atoms with van der Waals surface area (Å²) in [4.78, 5) is 0. The van der Waals surface area contributed by atoms with Crippen molar-refractivity contribution in [3.8, 4) is 0 Å². The monoisotopic (exact) mass is 330 g/mol. The van der Waals surface area contributed by atoms with Crippen LogP contribution >= 0.6 is 7.26 Å². The summed E-state index contributed by atoms with van der Waals surface area (Å²) in [6.45, 7) is 14.7. The molecule has 0 nitrogen and oxygen atoms in total. The first-order valence-electron chi connectivity index (χ1n) is 10.4. The average molecular weight is 331 g/mol. The molecule has 22 heavy (non-hydrogen) atoms. The van der Waals surface area contributed by atoms with Crippen LogP contribution in [0.4, 0.5) is 0 Å². The average Bonchev–Trinajstić information content (AvgIpc) is 2.39. The molecule has 0 atom stereocenters. The number of hydrogen-bond donors (Lipinski definition) is 0. The molecule has 0 spiro atoms. The first-order chi connectivity index (χ1) is 10.4. The normalized spacial score (nSPS) is 13.3. The fraction of sp³-hybridized carbons (Fsp3) is 1.00. The predicted molar refractivity (Wildman–Crippen MR) is 110 cm³/mol. The van der Waals surface area contributed by atoms with E-state index in [-0.39, 0.29) is 0 Å². The van der Waals surface area contributed by atoms with Crippen molar-refractivity contribution in [2.24, 2.45) is 11.8 Å². The first kappa shape index (κ1) is 22.4. The fourth-order valence-electron chi connectivity index (χ4n) is 4.30. The molecule has 0 aliphatic heterocycles. The Balaban J connectivity index is 3.67. The molecule has 0 amide bonds. The summed E-state index contributed by atoms with van der Waals surface area (Å²) >= 11 is 0. The van der Waals surface area contributed by atoms with Crippen molar-refractivity contribution in [3.05, 3.63) is 0 Å². The van der Waals surface area contributed by atoms with Gasteiger partial charge in [-0.15, -0.1) is 0 Å². The van der Waals surface area contributed by atoms with Crippen molar-refractivity contribution < 1.29 is 0 Å². The van der Waals surface area contributed by atoms with E-state index < -0.39 is 7.26 Å². The van der Waals surface area contributed by atoms with Crippen LogP contribution in [0.3, 0.4) is 0 Å². The Morgan fingerprint density at radius 1 is 0.591 bits per heavy atom. The summed E-state index contributed by atoms with van der Waals surface area (Å²) in [5, 5.41) is 0. The van der Waals surface area contributed by atoms with Crippen molar-refractivity contribution in [2.45, 2.75) is 98.8 Å². The number of unbranched alkanes of at least 4 members (excludes halogenated alkanes) is 9. The second-order valence-electron chi connectivity index (χ2n) is 8.94. The van der Waals surface area contributed by atoms with Crippen molar-refractivity contribution in [1.82, 2.24) is 0 Å². The van der Waals surface area contributed by atoms with Crippen LogP contribution in [0, 0.1) is 11.8 Å². The maximum absolute atomic E-state index is 2.68. The number of hydrogen-bond acceptors (Lipinski definition) is 0. The molecule has 0 unspecified atom stereocenters. The van der Waals surface area contributed by atoms with Gasteiger partial charge in [-0.1, -0.05) is 0 Å². The van der Waals surface area contributed by atoms with Crippen LogP contribution in [0.15, 0.2) is 0 Å². The van der Waals surface area contributed by atoms with Crippen LogP contribution in [0.5, 0.6) is 0 Å². The summed E-state index contributed by atoms with van der Waals surface area (Å²) in [6.07, 6.45) is 19.4. The third-order valence-corrected chi connectivity index (χ3v) is 10.1. The van der Waals surface area contributed by atoms with E-state index in [1.54, 1.807) is 18.5 Å². The van der Waals surface area contributed by atoms with Gasteiger partial charge in [-0.05, 0) is 0 Å². The van der Waals surface area contributed by atoms with Crippen molar-refractivity contribution in [1.29, 1.82) is 0 Å². The van der Waals surface area contributed by atoms with Gasteiger partial charge in [0, 0.05) is 0 Å². The molecule has 0 rings (SSSR count). The molecule has 0 saturated carbocycles. The van der Waals surface area contributed by atoms with Gasteiger partial charge in [0.15, 0.2) is 0 Å². The molecule has 0 aliphatic rings. The molecule has 0 fully saturated rings. The standard InChI is InChI=1S/C21H47P/c1-7-8-9-10-11-12-13-14-15-16-17-22(6,18-20(2)3)19-21(4)5/h20-22H,7-19H2,1-6H3. The molecule has 0 saturated heterocycles. The Labute approximate surface area is 143 Å². The Hall–Kier alpha value is 0.430. The molecule has 0 heterocycles. The summed E-state index contributed by atoms with van der Waals surface area (Å²) in [5.41, 5.74) is 0. The minimum absolute atomic E-state index is 0.901.